The number of nitro benzene ring substituents is 1. The van der Waals surface area contributed by atoms with Crippen LogP contribution in [0.3, 0.4) is 0 Å². The lowest BCUT2D eigenvalue weighted by Crippen LogP contribution is -2.30. The molecule has 9 heteroatoms. The third-order valence-electron chi connectivity index (χ3n) is 4.22. The molecular weight excluding hydrogens is 372 g/mol. The van der Waals surface area contributed by atoms with Gasteiger partial charge in [-0.3, -0.25) is 14.9 Å². The Labute approximate surface area is 167 Å². The van der Waals surface area contributed by atoms with E-state index in [1.165, 1.54) is 12.1 Å². The Morgan fingerprint density at radius 3 is 2.52 bits per heavy atom. The van der Waals surface area contributed by atoms with Gasteiger partial charge in [0.15, 0.2) is 0 Å². The van der Waals surface area contributed by atoms with Crippen LogP contribution in [0, 0.1) is 10.1 Å². The quantitative estimate of drug-likeness (QED) is 0.468. The summed E-state index contributed by atoms with van der Waals surface area (Å²) in [4.78, 5) is 23.2. The third kappa shape index (κ3) is 4.75. The molecule has 150 valence electrons. The molecule has 1 aromatic heterocycles. The van der Waals surface area contributed by atoms with Crippen LogP contribution in [-0.4, -0.2) is 31.9 Å². The van der Waals surface area contributed by atoms with Gasteiger partial charge >= 0.3 is 0 Å². The summed E-state index contributed by atoms with van der Waals surface area (Å²) in [5, 5.41) is 25.6. The minimum absolute atomic E-state index is 0.0633. The van der Waals surface area contributed by atoms with Crippen LogP contribution in [0.4, 0.5) is 11.4 Å². The smallest absolute Gasteiger partial charge is 0.293 e. The first-order valence-corrected chi connectivity index (χ1v) is 9.18. The molecule has 0 radical (unpaired) electrons. The molecule has 2 N–H and O–H groups in total. The van der Waals surface area contributed by atoms with Crippen molar-refractivity contribution in [2.75, 3.05) is 5.32 Å². The lowest BCUT2D eigenvalue weighted by atomic mass is 10.1. The lowest BCUT2D eigenvalue weighted by Gasteiger charge is -2.14. The van der Waals surface area contributed by atoms with Gasteiger partial charge in [-0.25, -0.2) is 4.68 Å². The number of hydrogen-bond donors (Lipinski definition) is 2. The molecule has 1 unspecified atom stereocenters. The van der Waals surface area contributed by atoms with Crippen molar-refractivity contribution in [1.29, 1.82) is 0 Å². The van der Waals surface area contributed by atoms with Gasteiger partial charge in [-0.05, 0) is 45.0 Å². The molecule has 0 aliphatic heterocycles. The number of nitro groups is 1. The van der Waals surface area contributed by atoms with E-state index in [1.807, 2.05) is 51.1 Å². The van der Waals surface area contributed by atoms with Crippen LogP contribution in [0.2, 0.25) is 0 Å². The minimum Gasteiger partial charge on any atom is -0.371 e. The van der Waals surface area contributed by atoms with Gasteiger partial charge in [0, 0.05) is 17.7 Å². The number of amides is 1. The zero-order chi connectivity index (χ0) is 21.0. The van der Waals surface area contributed by atoms with E-state index in [2.05, 4.69) is 20.9 Å². The van der Waals surface area contributed by atoms with Crippen molar-refractivity contribution >= 4 is 17.3 Å². The predicted molar refractivity (Wildman–Crippen MR) is 109 cm³/mol. The van der Waals surface area contributed by atoms with E-state index in [0.717, 1.165) is 5.69 Å². The van der Waals surface area contributed by atoms with Gasteiger partial charge in [-0.2, -0.15) is 0 Å². The lowest BCUT2D eigenvalue weighted by molar-refractivity contribution is -0.384. The van der Waals surface area contributed by atoms with Crippen molar-refractivity contribution in [2.45, 2.75) is 32.9 Å². The van der Waals surface area contributed by atoms with Crippen molar-refractivity contribution in [1.82, 2.24) is 20.3 Å². The van der Waals surface area contributed by atoms with Crippen molar-refractivity contribution in [3.8, 4) is 5.69 Å². The van der Waals surface area contributed by atoms with Gasteiger partial charge in [0.05, 0.1) is 22.8 Å². The molecule has 0 spiro atoms. The first-order chi connectivity index (χ1) is 13.8. The number of aromatic nitrogens is 3. The molecule has 29 heavy (non-hydrogen) atoms. The maximum atomic E-state index is 12.1. The largest absolute Gasteiger partial charge is 0.371 e. The number of hydrogen-bond acceptors (Lipinski definition) is 6. The highest BCUT2D eigenvalue weighted by molar-refractivity contribution is 5.95. The van der Waals surface area contributed by atoms with Crippen LogP contribution in [0.25, 0.3) is 5.69 Å². The molecule has 3 rings (SSSR count). The van der Waals surface area contributed by atoms with Gasteiger partial charge in [-0.15, -0.1) is 5.10 Å². The average Bonchev–Trinajstić information content (AvgIpc) is 3.18. The fraction of sp³-hybridized carbons (Fsp3) is 0.250. The number of carbonyl (C=O) groups excluding carboxylic acids is 1. The molecule has 0 bridgehead atoms. The fourth-order valence-electron chi connectivity index (χ4n) is 2.78. The second kappa shape index (κ2) is 8.51. The van der Waals surface area contributed by atoms with Gasteiger partial charge in [0.1, 0.15) is 11.4 Å². The number of benzene rings is 2. The van der Waals surface area contributed by atoms with E-state index < -0.39 is 4.92 Å². The van der Waals surface area contributed by atoms with Crippen LogP contribution < -0.4 is 10.6 Å². The number of para-hydroxylation sites is 1. The molecule has 0 aliphatic carbocycles. The summed E-state index contributed by atoms with van der Waals surface area (Å²) < 4.78 is 1.64. The number of nitrogens with one attached hydrogen (secondary N) is 2. The van der Waals surface area contributed by atoms with Gasteiger partial charge in [-0.1, -0.05) is 23.4 Å². The van der Waals surface area contributed by atoms with E-state index in [4.69, 9.17) is 0 Å². The Kier molecular flexibility index (Phi) is 5.87. The monoisotopic (exact) mass is 394 g/mol. The summed E-state index contributed by atoms with van der Waals surface area (Å²) >= 11 is 0. The molecule has 2 aromatic carbocycles. The van der Waals surface area contributed by atoms with Crippen molar-refractivity contribution in [2.24, 2.45) is 0 Å². The van der Waals surface area contributed by atoms with E-state index in [-0.39, 0.29) is 29.2 Å². The highest BCUT2D eigenvalue weighted by Gasteiger charge is 2.20. The molecule has 0 fully saturated rings. The van der Waals surface area contributed by atoms with Crippen molar-refractivity contribution in [3.05, 3.63) is 76.1 Å². The maximum absolute atomic E-state index is 12.1. The zero-order valence-electron chi connectivity index (χ0n) is 16.4. The Morgan fingerprint density at radius 1 is 1.14 bits per heavy atom. The number of anilines is 1. The molecule has 3 aromatic rings. The third-order valence-corrected chi connectivity index (χ3v) is 4.22. The Hall–Kier alpha value is -3.75. The molecule has 0 aliphatic rings. The molecular formula is C20H22N6O3. The minimum atomic E-state index is -0.512. The normalized spacial score (nSPS) is 11.9. The Balaban J connectivity index is 1.81. The Bertz CT molecular complexity index is 1020. The van der Waals surface area contributed by atoms with Gasteiger partial charge < -0.3 is 10.6 Å². The van der Waals surface area contributed by atoms with E-state index >= 15 is 0 Å². The first-order valence-electron chi connectivity index (χ1n) is 9.18. The van der Waals surface area contributed by atoms with E-state index in [9.17, 15) is 14.9 Å². The van der Waals surface area contributed by atoms with Crippen molar-refractivity contribution < 1.29 is 9.72 Å². The highest BCUT2D eigenvalue weighted by atomic mass is 16.6. The van der Waals surface area contributed by atoms with Crippen LogP contribution >= 0.6 is 0 Å². The predicted octanol–water partition coefficient (Wildman–Crippen LogP) is 3.49. The molecule has 0 saturated heterocycles. The molecule has 9 nitrogen and oxygen atoms in total. The van der Waals surface area contributed by atoms with Crippen molar-refractivity contribution in [3.63, 3.8) is 0 Å². The number of carbonyl (C=O) groups is 1. The first kappa shape index (κ1) is 20.0. The average molecular weight is 394 g/mol. The number of nitrogens with zero attached hydrogens (tertiary/aromatic N) is 4. The zero-order valence-corrected chi connectivity index (χ0v) is 16.4. The van der Waals surface area contributed by atoms with Gasteiger partial charge in [0.25, 0.3) is 11.6 Å². The van der Waals surface area contributed by atoms with Crippen LogP contribution in [0.5, 0.6) is 0 Å². The fourth-order valence-corrected chi connectivity index (χ4v) is 2.78. The van der Waals surface area contributed by atoms with Crippen LogP contribution in [0.1, 0.15) is 42.9 Å². The number of rotatable bonds is 7. The summed E-state index contributed by atoms with van der Waals surface area (Å²) in [6.45, 7) is 5.49. The second-order valence-corrected chi connectivity index (χ2v) is 6.91. The Morgan fingerprint density at radius 2 is 1.86 bits per heavy atom. The van der Waals surface area contributed by atoms with E-state index in [1.54, 1.807) is 16.9 Å². The summed E-state index contributed by atoms with van der Waals surface area (Å²) in [5.74, 6) is -0.353. The standard InChI is InChI=1S/C20H22N6O3/c1-13(2)21-20(27)15-9-10-17(19(11-15)26(28)29)22-14(3)18-12-25(24-23-18)16-7-5-4-6-8-16/h4-14,22H,1-3H3,(H,21,27). The second-order valence-electron chi connectivity index (χ2n) is 6.91. The SMILES string of the molecule is CC(C)NC(=O)c1ccc(NC(C)c2cn(-c3ccccc3)nn2)c([N+](=O)[O-])c1. The highest BCUT2D eigenvalue weighted by Crippen LogP contribution is 2.29. The van der Waals surface area contributed by atoms with E-state index in [0.29, 0.717) is 11.4 Å². The summed E-state index contributed by atoms with van der Waals surface area (Å²) in [5.41, 5.74) is 1.86. The van der Waals surface area contributed by atoms with Crippen LogP contribution in [0.15, 0.2) is 54.7 Å². The molecule has 1 amide bonds. The van der Waals surface area contributed by atoms with Gasteiger partial charge in [0.2, 0.25) is 0 Å². The molecule has 0 saturated carbocycles. The molecule has 1 heterocycles. The summed E-state index contributed by atoms with van der Waals surface area (Å²) in [6, 6.07) is 13.5. The maximum Gasteiger partial charge on any atom is 0.293 e. The summed E-state index contributed by atoms with van der Waals surface area (Å²) in [7, 11) is 0. The summed E-state index contributed by atoms with van der Waals surface area (Å²) in [6.07, 6.45) is 1.77. The topological polar surface area (TPSA) is 115 Å². The van der Waals surface area contributed by atoms with Crippen LogP contribution in [-0.2, 0) is 0 Å². The molecule has 1 atom stereocenters.